The molecule has 0 spiro atoms. The van der Waals surface area contributed by atoms with Crippen molar-refractivity contribution in [3.63, 3.8) is 0 Å². The molecule has 5 heteroatoms. The monoisotopic (exact) mass is 242 g/mol. The third-order valence-electron chi connectivity index (χ3n) is 2.11. The first-order valence-corrected chi connectivity index (χ1v) is 4.76. The summed E-state index contributed by atoms with van der Waals surface area (Å²) in [6.07, 6.45) is 0. The van der Waals surface area contributed by atoms with Gasteiger partial charge < -0.3 is 5.11 Å². The smallest absolute Gasteiger partial charge is 0.229 e. The van der Waals surface area contributed by atoms with Crippen LogP contribution >= 0.6 is 23.2 Å². The Morgan fingerprint density at radius 1 is 1.07 bits per heavy atom. The van der Waals surface area contributed by atoms with Crippen molar-refractivity contribution >= 4 is 34.8 Å². The van der Waals surface area contributed by atoms with E-state index < -0.39 is 22.4 Å². The summed E-state index contributed by atoms with van der Waals surface area (Å²) >= 11 is 11.3. The van der Waals surface area contributed by atoms with Crippen LogP contribution in [0.3, 0.4) is 0 Å². The van der Waals surface area contributed by atoms with Crippen LogP contribution < -0.4 is 0 Å². The highest BCUT2D eigenvalue weighted by molar-refractivity contribution is 6.51. The van der Waals surface area contributed by atoms with Crippen LogP contribution in [0.25, 0.3) is 0 Å². The Bertz CT molecular complexity index is 517. The number of allylic oxidation sites excluding steroid dienone is 2. The molecule has 0 saturated carbocycles. The molecule has 15 heavy (non-hydrogen) atoms. The zero-order valence-electron chi connectivity index (χ0n) is 7.25. The van der Waals surface area contributed by atoms with E-state index in [1.807, 2.05) is 0 Å². The number of halogens is 2. The predicted octanol–water partition coefficient (Wildman–Crippen LogP) is 2.73. The lowest BCUT2D eigenvalue weighted by molar-refractivity contribution is 0.0936. The van der Waals surface area contributed by atoms with E-state index in [2.05, 4.69) is 0 Å². The molecule has 0 amide bonds. The molecule has 2 rings (SSSR count). The number of carbonyl (C=O) groups excluding carboxylic acids is 2. The molecule has 1 aliphatic carbocycles. The van der Waals surface area contributed by atoms with Gasteiger partial charge in [0.2, 0.25) is 11.6 Å². The van der Waals surface area contributed by atoms with Gasteiger partial charge in [-0.3, -0.25) is 9.59 Å². The Kier molecular flexibility index (Phi) is 2.29. The fraction of sp³-hybridized carbons (Fsp3) is 0. The molecule has 1 aliphatic rings. The number of Topliss-reactive ketones (excluding diaryl/α,β-unsaturated/α-hetero) is 2. The summed E-state index contributed by atoms with van der Waals surface area (Å²) in [6.45, 7) is 0. The lowest BCUT2D eigenvalue weighted by Gasteiger charge is -2.14. The number of carbonyl (C=O) groups is 2. The molecule has 76 valence electrons. The molecule has 0 radical (unpaired) electrons. The van der Waals surface area contributed by atoms with Crippen LogP contribution in [0, 0.1) is 0 Å². The molecule has 0 atom stereocenters. The van der Waals surface area contributed by atoms with Crippen LogP contribution in [-0.2, 0) is 0 Å². The van der Waals surface area contributed by atoms with Gasteiger partial charge in [0.15, 0.2) is 5.76 Å². The van der Waals surface area contributed by atoms with Crippen molar-refractivity contribution in [3.05, 3.63) is 45.1 Å². The molecule has 0 unspecified atom stereocenters. The van der Waals surface area contributed by atoms with E-state index in [0.717, 1.165) is 0 Å². The SMILES string of the molecule is O=C1C(O)=C(Cl)C(=O)c2c(Cl)cccc21. The van der Waals surface area contributed by atoms with Crippen molar-refractivity contribution in [1.82, 2.24) is 0 Å². The molecule has 0 aliphatic heterocycles. The minimum Gasteiger partial charge on any atom is -0.503 e. The van der Waals surface area contributed by atoms with Gasteiger partial charge >= 0.3 is 0 Å². The third-order valence-corrected chi connectivity index (χ3v) is 2.77. The van der Waals surface area contributed by atoms with Crippen LogP contribution in [0.1, 0.15) is 20.7 Å². The third kappa shape index (κ3) is 1.35. The van der Waals surface area contributed by atoms with Crippen molar-refractivity contribution in [3.8, 4) is 0 Å². The lowest BCUT2D eigenvalue weighted by atomic mass is 9.93. The van der Waals surface area contributed by atoms with Gasteiger partial charge in [0.05, 0.1) is 10.6 Å². The second kappa shape index (κ2) is 3.36. The first kappa shape index (κ1) is 10.2. The maximum Gasteiger partial charge on any atom is 0.229 e. The first-order chi connectivity index (χ1) is 7.04. The molecule has 3 nitrogen and oxygen atoms in total. The van der Waals surface area contributed by atoms with Gasteiger partial charge in [-0.05, 0) is 6.07 Å². The fourth-order valence-electron chi connectivity index (χ4n) is 1.39. The van der Waals surface area contributed by atoms with Crippen LogP contribution in [0.5, 0.6) is 0 Å². The normalized spacial score (nSPS) is 15.6. The first-order valence-electron chi connectivity index (χ1n) is 4.00. The van der Waals surface area contributed by atoms with Gasteiger partial charge in [-0.1, -0.05) is 35.3 Å². The van der Waals surface area contributed by atoms with Gasteiger partial charge in [-0.2, -0.15) is 0 Å². The maximum absolute atomic E-state index is 11.6. The minimum atomic E-state index is -0.726. The summed E-state index contributed by atoms with van der Waals surface area (Å²) in [5, 5.41) is 8.95. The number of ketones is 2. The number of aliphatic hydroxyl groups is 1. The molecule has 1 N–H and O–H groups in total. The average Bonchev–Trinajstić information content (AvgIpc) is 2.23. The van der Waals surface area contributed by atoms with E-state index in [1.54, 1.807) is 0 Å². The minimum absolute atomic E-state index is 0.0481. The standard InChI is InChI=1S/C10H4Cl2O3/c11-5-3-1-2-4-6(5)9(14)7(12)10(15)8(4)13/h1-3,15H. The van der Waals surface area contributed by atoms with E-state index in [1.165, 1.54) is 18.2 Å². The van der Waals surface area contributed by atoms with Gasteiger partial charge in [0, 0.05) is 5.56 Å². The largest absolute Gasteiger partial charge is 0.503 e. The highest BCUT2D eigenvalue weighted by Gasteiger charge is 2.32. The lowest BCUT2D eigenvalue weighted by Crippen LogP contribution is -2.20. The Hall–Kier alpha value is -1.32. The van der Waals surface area contributed by atoms with E-state index in [0.29, 0.717) is 0 Å². The molecule has 1 aromatic rings. The summed E-state index contributed by atoms with van der Waals surface area (Å²) in [7, 11) is 0. The van der Waals surface area contributed by atoms with Crippen molar-refractivity contribution in [2.75, 3.05) is 0 Å². The molecule has 1 aromatic carbocycles. The van der Waals surface area contributed by atoms with E-state index >= 15 is 0 Å². The van der Waals surface area contributed by atoms with Crippen LogP contribution in [-0.4, -0.2) is 16.7 Å². The number of hydrogen-bond donors (Lipinski definition) is 1. The highest BCUT2D eigenvalue weighted by atomic mass is 35.5. The number of benzene rings is 1. The van der Waals surface area contributed by atoms with Gasteiger partial charge in [-0.25, -0.2) is 0 Å². The number of fused-ring (bicyclic) bond motifs is 1. The van der Waals surface area contributed by atoms with Crippen molar-refractivity contribution < 1.29 is 14.7 Å². The molecule has 0 fully saturated rings. The van der Waals surface area contributed by atoms with Gasteiger partial charge in [0.25, 0.3) is 0 Å². The topological polar surface area (TPSA) is 54.4 Å². The van der Waals surface area contributed by atoms with Crippen molar-refractivity contribution in [2.24, 2.45) is 0 Å². The predicted molar refractivity (Wildman–Crippen MR) is 55.6 cm³/mol. The van der Waals surface area contributed by atoms with E-state index in [-0.39, 0.29) is 16.1 Å². The van der Waals surface area contributed by atoms with E-state index in [4.69, 9.17) is 23.2 Å². The molecule has 0 heterocycles. The van der Waals surface area contributed by atoms with Crippen molar-refractivity contribution in [2.45, 2.75) is 0 Å². The van der Waals surface area contributed by atoms with E-state index in [9.17, 15) is 14.7 Å². The summed E-state index contributed by atoms with van der Waals surface area (Å²) in [6, 6.07) is 4.43. The highest BCUT2D eigenvalue weighted by Crippen LogP contribution is 2.31. The number of hydrogen-bond acceptors (Lipinski definition) is 3. The Labute approximate surface area is 94.9 Å². The summed E-state index contributed by atoms with van der Waals surface area (Å²) < 4.78 is 0. The van der Waals surface area contributed by atoms with Gasteiger partial charge in [0.1, 0.15) is 5.03 Å². The Morgan fingerprint density at radius 3 is 2.40 bits per heavy atom. The zero-order valence-corrected chi connectivity index (χ0v) is 8.76. The Balaban J connectivity index is 2.79. The zero-order chi connectivity index (χ0) is 11.2. The van der Waals surface area contributed by atoms with Crippen molar-refractivity contribution in [1.29, 1.82) is 0 Å². The maximum atomic E-state index is 11.6. The molecule has 0 bridgehead atoms. The second-order valence-electron chi connectivity index (χ2n) is 2.98. The van der Waals surface area contributed by atoms with Gasteiger partial charge in [-0.15, -0.1) is 0 Å². The van der Waals surface area contributed by atoms with Crippen LogP contribution in [0.15, 0.2) is 29.0 Å². The molecule has 0 aromatic heterocycles. The molecular formula is C10H4Cl2O3. The molecular weight excluding hydrogens is 239 g/mol. The Morgan fingerprint density at radius 2 is 1.73 bits per heavy atom. The summed E-state index contributed by atoms with van der Waals surface area (Å²) in [5.74, 6) is -2.04. The number of aliphatic hydroxyl groups excluding tert-OH is 1. The fourth-order valence-corrected chi connectivity index (χ4v) is 1.83. The summed E-state index contributed by atoms with van der Waals surface area (Å²) in [4.78, 5) is 23.1. The van der Waals surface area contributed by atoms with Crippen LogP contribution in [0.2, 0.25) is 5.02 Å². The second-order valence-corrected chi connectivity index (χ2v) is 3.77. The number of rotatable bonds is 0. The molecule has 0 saturated heterocycles. The average molecular weight is 243 g/mol. The summed E-state index contributed by atoms with van der Waals surface area (Å²) in [5.41, 5.74) is 0.126. The quantitative estimate of drug-likeness (QED) is 0.762. The van der Waals surface area contributed by atoms with Crippen LogP contribution in [0.4, 0.5) is 0 Å².